The molecule has 0 fully saturated rings. The van der Waals surface area contributed by atoms with Crippen molar-refractivity contribution in [2.45, 2.75) is 25.9 Å². The molecule has 0 saturated heterocycles. The van der Waals surface area contributed by atoms with Gasteiger partial charge in [0.2, 0.25) is 0 Å². The summed E-state index contributed by atoms with van der Waals surface area (Å²) in [6, 6.07) is 22.9. The normalized spacial score (nSPS) is 19.2. The van der Waals surface area contributed by atoms with Gasteiger partial charge in [-0.25, -0.2) is 0 Å². The molecule has 3 aromatic rings. The van der Waals surface area contributed by atoms with Crippen molar-refractivity contribution in [2.75, 3.05) is 13.1 Å². The third-order valence-electron chi connectivity index (χ3n) is 6.01. The second-order valence-corrected chi connectivity index (χ2v) is 8.42. The first-order valence-electron chi connectivity index (χ1n) is 10.7. The lowest BCUT2D eigenvalue weighted by molar-refractivity contribution is -0.448. The Morgan fingerprint density at radius 1 is 0.625 bits per heavy atom. The molecule has 0 bridgehead atoms. The Morgan fingerprint density at radius 2 is 0.969 bits per heavy atom. The SMILES string of the molecule is CC1C[NH+]=C(c2ccc(-c3ccc(-c4ccc(C5=[NH+]CC(C)N5)cc4)n3C)cc2)N1.[Cl-].[Cl-]. The van der Waals surface area contributed by atoms with Crippen molar-refractivity contribution in [3.8, 4) is 22.5 Å². The molecule has 2 aliphatic heterocycles. The fourth-order valence-electron chi connectivity index (χ4n) is 4.28. The van der Waals surface area contributed by atoms with Crippen LogP contribution in [0.15, 0.2) is 60.7 Å². The van der Waals surface area contributed by atoms with Gasteiger partial charge in [-0.3, -0.25) is 20.6 Å². The van der Waals surface area contributed by atoms with Gasteiger partial charge < -0.3 is 29.4 Å². The van der Waals surface area contributed by atoms with E-state index < -0.39 is 0 Å². The number of hydrogen-bond acceptors (Lipinski definition) is 2. The Hall–Kier alpha value is -2.76. The van der Waals surface area contributed by atoms with Gasteiger partial charge in [0.25, 0.3) is 11.7 Å². The fraction of sp³-hybridized carbons (Fsp3) is 0.280. The molecule has 5 rings (SSSR count). The topological polar surface area (TPSA) is 56.9 Å². The van der Waals surface area contributed by atoms with Crippen LogP contribution in [0.2, 0.25) is 0 Å². The fourth-order valence-corrected chi connectivity index (χ4v) is 4.28. The molecule has 4 N–H and O–H groups in total. The van der Waals surface area contributed by atoms with Crippen LogP contribution in [0.3, 0.4) is 0 Å². The van der Waals surface area contributed by atoms with Gasteiger partial charge in [-0.05, 0) is 61.4 Å². The van der Waals surface area contributed by atoms with E-state index in [-0.39, 0.29) is 24.8 Å². The zero-order chi connectivity index (χ0) is 20.7. The maximum Gasteiger partial charge on any atom is 0.275 e. The van der Waals surface area contributed by atoms with Gasteiger partial charge in [-0.15, -0.1) is 0 Å². The molecule has 168 valence electrons. The van der Waals surface area contributed by atoms with E-state index >= 15 is 0 Å². The first-order valence-corrected chi connectivity index (χ1v) is 10.7. The Labute approximate surface area is 201 Å². The van der Waals surface area contributed by atoms with Crippen molar-refractivity contribution in [3.63, 3.8) is 0 Å². The minimum absolute atomic E-state index is 0. The molecule has 0 radical (unpaired) electrons. The standard InChI is InChI=1S/C25H27N5.2ClH/c1-16-14-26-24(28-16)20-8-4-18(5-9-20)22-12-13-23(30(22)3)19-6-10-21(11-7-19)25-27-15-17(2)29-25;;/h4-13,16-17H,14-15H2,1-3H3,(H,26,28)(H,27,29);2*1H. The second kappa shape index (κ2) is 9.80. The molecule has 5 nitrogen and oxygen atoms in total. The Bertz CT molecular complexity index is 1040. The molecule has 7 heteroatoms. The number of aromatic nitrogens is 1. The van der Waals surface area contributed by atoms with E-state index in [2.05, 4.69) is 107 Å². The molecule has 3 heterocycles. The molecule has 2 unspecified atom stereocenters. The molecule has 0 spiro atoms. The molecule has 2 aromatic carbocycles. The quantitative estimate of drug-likeness (QED) is 0.307. The molecule has 32 heavy (non-hydrogen) atoms. The summed E-state index contributed by atoms with van der Waals surface area (Å²) in [5.74, 6) is 2.25. The third kappa shape index (κ3) is 4.54. The minimum atomic E-state index is 0. The molecule has 0 aliphatic carbocycles. The van der Waals surface area contributed by atoms with Crippen LogP contribution in [-0.4, -0.2) is 41.4 Å². The maximum absolute atomic E-state index is 3.48. The monoisotopic (exact) mass is 469 g/mol. The number of nitrogens with one attached hydrogen (secondary N) is 4. The number of hydrogen-bond donors (Lipinski definition) is 4. The third-order valence-corrected chi connectivity index (χ3v) is 6.01. The number of nitrogens with zero attached hydrogens (tertiary/aromatic N) is 1. The van der Waals surface area contributed by atoms with Crippen LogP contribution < -0.4 is 45.4 Å². The highest BCUT2D eigenvalue weighted by Gasteiger charge is 2.22. The second-order valence-electron chi connectivity index (χ2n) is 8.42. The predicted octanol–water partition coefficient (Wildman–Crippen LogP) is -6.00. The van der Waals surface area contributed by atoms with Gasteiger partial charge in [0, 0.05) is 18.4 Å². The van der Waals surface area contributed by atoms with Crippen LogP contribution in [-0.2, 0) is 7.05 Å². The van der Waals surface area contributed by atoms with Gasteiger partial charge in [-0.2, -0.15) is 0 Å². The first-order chi connectivity index (χ1) is 14.6. The summed E-state index contributed by atoms with van der Waals surface area (Å²) >= 11 is 0. The lowest BCUT2D eigenvalue weighted by Crippen LogP contribution is -3.00. The Kier molecular flexibility index (Phi) is 7.32. The highest BCUT2D eigenvalue weighted by atomic mass is 35.5. The highest BCUT2D eigenvalue weighted by Crippen LogP contribution is 2.28. The molecule has 2 aliphatic rings. The van der Waals surface area contributed by atoms with E-state index in [0.717, 1.165) is 24.8 Å². The minimum Gasteiger partial charge on any atom is -1.00 e. The van der Waals surface area contributed by atoms with Crippen molar-refractivity contribution >= 4 is 11.7 Å². The Morgan fingerprint density at radius 3 is 1.28 bits per heavy atom. The summed E-state index contributed by atoms with van der Waals surface area (Å²) < 4.78 is 2.27. The summed E-state index contributed by atoms with van der Waals surface area (Å²) in [4.78, 5) is 6.87. The van der Waals surface area contributed by atoms with Gasteiger partial charge in [0.15, 0.2) is 0 Å². The molecular weight excluding hydrogens is 441 g/mol. The lowest BCUT2D eigenvalue weighted by Gasteiger charge is -2.09. The van der Waals surface area contributed by atoms with Crippen molar-refractivity contribution in [2.24, 2.45) is 7.05 Å². The zero-order valence-corrected chi connectivity index (χ0v) is 20.1. The lowest BCUT2D eigenvalue weighted by atomic mass is 10.1. The van der Waals surface area contributed by atoms with E-state index in [1.54, 1.807) is 0 Å². The smallest absolute Gasteiger partial charge is 0.275 e. The average molecular weight is 470 g/mol. The average Bonchev–Trinajstić information content (AvgIpc) is 3.49. The predicted molar refractivity (Wildman–Crippen MR) is 121 cm³/mol. The first kappa shape index (κ1) is 23.9. The van der Waals surface area contributed by atoms with Gasteiger partial charge in [-0.1, -0.05) is 24.3 Å². The van der Waals surface area contributed by atoms with Gasteiger partial charge >= 0.3 is 0 Å². The van der Waals surface area contributed by atoms with Crippen LogP contribution in [0.4, 0.5) is 0 Å². The van der Waals surface area contributed by atoms with Crippen LogP contribution >= 0.6 is 0 Å². The molecule has 2 atom stereocenters. The van der Waals surface area contributed by atoms with Crippen molar-refractivity contribution in [1.29, 1.82) is 0 Å². The van der Waals surface area contributed by atoms with Gasteiger partial charge in [0.1, 0.15) is 25.2 Å². The van der Waals surface area contributed by atoms with Crippen molar-refractivity contribution in [1.82, 2.24) is 15.2 Å². The summed E-state index contributed by atoms with van der Waals surface area (Å²) in [5, 5.41) is 6.97. The number of amidine groups is 2. The van der Waals surface area contributed by atoms with E-state index in [1.165, 1.54) is 33.6 Å². The molecule has 0 amide bonds. The molecule has 0 saturated carbocycles. The molecular formula is C25H29Cl2N5. The van der Waals surface area contributed by atoms with Gasteiger partial charge in [0.05, 0.1) is 11.1 Å². The van der Waals surface area contributed by atoms with E-state index in [4.69, 9.17) is 0 Å². The number of rotatable bonds is 4. The summed E-state index contributed by atoms with van der Waals surface area (Å²) in [5.41, 5.74) is 7.28. The zero-order valence-electron chi connectivity index (χ0n) is 18.5. The summed E-state index contributed by atoms with van der Waals surface area (Å²) in [6.45, 7) is 6.32. The highest BCUT2D eigenvalue weighted by molar-refractivity contribution is 5.96. The van der Waals surface area contributed by atoms with Crippen molar-refractivity contribution < 1.29 is 34.8 Å². The van der Waals surface area contributed by atoms with Crippen LogP contribution in [0.5, 0.6) is 0 Å². The summed E-state index contributed by atoms with van der Waals surface area (Å²) in [6.07, 6.45) is 0. The van der Waals surface area contributed by atoms with Crippen LogP contribution in [0, 0.1) is 0 Å². The van der Waals surface area contributed by atoms with Crippen LogP contribution in [0.1, 0.15) is 25.0 Å². The van der Waals surface area contributed by atoms with E-state index in [1.807, 2.05) is 0 Å². The van der Waals surface area contributed by atoms with E-state index in [0.29, 0.717) is 12.1 Å². The largest absolute Gasteiger partial charge is 1.00 e. The molecule has 1 aromatic heterocycles. The van der Waals surface area contributed by atoms with E-state index in [9.17, 15) is 0 Å². The maximum atomic E-state index is 3.48. The van der Waals surface area contributed by atoms with Crippen LogP contribution in [0.25, 0.3) is 22.5 Å². The summed E-state index contributed by atoms with van der Waals surface area (Å²) in [7, 11) is 2.14. The van der Waals surface area contributed by atoms with Crippen molar-refractivity contribution in [3.05, 3.63) is 71.8 Å². The number of halogens is 2. The Balaban J connectivity index is 0.00000144. The number of benzene rings is 2.